The van der Waals surface area contributed by atoms with E-state index in [0.29, 0.717) is 10.6 Å². The minimum Gasteiger partial charge on any atom is -0.360 e. The molecule has 1 aliphatic rings. The van der Waals surface area contributed by atoms with Crippen molar-refractivity contribution in [3.8, 4) is 0 Å². The van der Waals surface area contributed by atoms with Crippen LogP contribution >= 0.6 is 0 Å². The van der Waals surface area contributed by atoms with E-state index >= 15 is 0 Å². The molecule has 6 nitrogen and oxygen atoms in total. The maximum Gasteiger partial charge on any atom is 0.268 e. The highest BCUT2D eigenvalue weighted by Gasteiger charge is 2.49. The van der Waals surface area contributed by atoms with E-state index in [0.717, 1.165) is 0 Å². The zero-order valence-electron chi connectivity index (χ0n) is 11.9. The molecule has 0 bridgehead atoms. The summed E-state index contributed by atoms with van der Waals surface area (Å²) < 4.78 is 31.2. The smallest absolute Gasteiger partial charge is 0.268 e. The highest BCUT2D eigenvalue weighted by Crippen LogP contribution is 2.35. The van der Waals surface area contributed by atoms with E-state index in [1.165, 1.54) is 26.2 Å². The van der Waals surface area contributed by atoms with Gasteiger partial charge in [-0.3, -0.25) is 4.79 Å². The molecule has 0 N–H and O–H groups in total. The summed E-state index contributed by atoms with van der Waals surface area (Å²) in [6, 6.07) is 7.63. The SMILES string of the molecule is CO[C@H]1CC[C@](C)(C=O)C(=O)N1S(=O)(=O)c1ccccc1. The molecule has 2 atom stereocenters. The molecule has 7 heteroatoms. The molecule has 1 aromatic carbocycles. The van der Waals surface area contributed by atoms with Crippen LogP contribution in [0.2, 0.25) is 0 Å². The van der Waals surface area contributed by atoms with Crippen molar-refractivity contribution >= 4 is 22.2 Å². The number of nitrogens with zero attached hydrogens (tertiary/aromatic N) is 1. The zero-order valence-corrected chi connectivity index (χ0v) is 12.7. The lowest BCUT2D eigenvalue weighted by atomic mass is 9.83. The zero-order chi connectivity index (χ0) is 15.7. The van der Waals surface area contributed by atoms with Crippen LogP contribution in [0.3, 0.4) is 0 Å². The molecule has 1 aromatic rings. The predicted molar refractivity (Wildman–Crippen MR) is 74.7 cm³/mol. The average molecular weight is 311 g/mol. The van der Waals surface area contributed by atoms with Gasteiger partial charge in [-0.05, 0) is 31.9 Å². The van der Waals surface area contributed by atoms with Crippen LogP contribution < -0.4 is 0 Å². The Kier molecular flexibility index (Phi) is 4.15. The first kappa shape index (κ1) is 15.7. The number of carbonyl (C=O) groups excluding carboxylic acids is 2. The van der Waals surface area contributed by atoms with Crippen LogP contribution in [0.5, 0.6) is 0 Å². The fraction of sp³-hybridized carbons (Fsp3) is 0.429. The molecule has 1 heterocycles. The summed E-state index contributed by atoms with van der Waals surface area (Å²) in [5.74, 6) is -0.751. The summed E-state index contributed by atoms with van der Waals surface area (Å²) in [4.78, 5) is 23.7. The van der Waals surface area contributed by atoms with Crippen molar-refractivity contribution in [2.75, 3.05) is 7.11 Å². The number of aldehydes is 1. The van der Waals surface area contributed by atoms with Gasteiger partial charge in [0.15, 0.2) is 0 Å². The molecular formula is C14H17NO5S. The van der Waals surface area contributed by atoms with E-state index in [2.05, 4.69) is 0 Å². The van der Waals surface area contributed by atoms with E-state index in [1.54, 1.807) is 18.2 Å². The molecule has 0 unspecified atom stereocenters. The molecule has 1 fully saturated rings. The Labute approximate surface area is 123 Å². The summed E-state index contributed by atoms with van der Waals surface area (Å²) >= 11 is 0. The molecular weight excluding hydrogens is 294 g/mol. The second-order valence-corrected chi connectivity index (χ2v) is 7.00. The van der Waals surface area contributed by atoms with E-state index < -0.39 is 27.6 Å². The summed E-state index contributed by atoms with van der Waals surface area (Å²) in [5.41, 5.74) is -1.34. The van der Waals surface area contributed by atoms with Crippen LogP contribution in [0.1, 0.15) is 19.8 Å². The fourth-order valence-electron chi connectivity index (χ4n) is 2.32. The molecule has 0 saturated carbocycles. The molecule has 1 aliphatic heterocycles. The molecule has 0 spiro atoms. The van der Waals surface area contributed by atoms with Crippen LogP contribution in [-0.4, -0.2) is 38.3 Å². The number of rotatable bonds is 4. The number of methoxy groups -OCH3 is 1. The Balaban J connectivity index is 2.52. The van der Waals surface area contributed by atoms with Crippen LogP contribution in [-0.2, 0) is 24.3 Å². The van der Waals surface area contributed by atoms with Gasteiger partial charge in [-0.15, -0.1) is 0 Å². The van der Waals surface area contributed by atoms with E-state index in [9.17, 15) is 18.0 Å². The Morgan fingerprint density at radius 2 is 1.95 bits per heavy atom. The Hall–Kier alpha value is -1.73. The summed E-state index contributed by atoms with van der Waals surface area (Å²) in [6.45, 7) is 1.45. The lowest BCUT2D eigenvalue weighted by Crippen LogP contribution is -2.56. The van der Waals surface area contributed by atoms with Gasteiger partial charge in [-0.25, -0.2) is 12.7 Å². The number of hydrogen-bond acceptors (Lipinski definition) is 5. The third kappa shape index (κ3) is 2.58. The third-order valence-electron chi connectivity index (χ3n) is 3.69. The van der Waals surface area contributed by atoms with Crippen molar-refractivity contribution in [3.05, 3.63) is 30.3 Å². The largest absolute Gasteiger partial charge is 0.360 e. The molecule has 0 aliphatic carbocycles. The quantitative estimate of drug-likeness (QED) is 0.616. The minimum atomic E-state index is -4.05. The van der Waals surface area contributed by atoms with Gasteiger partial charge in [0, 0.05) is 7.11 Å². The Morgan fingerprint density at radius 3 is 2.48 bits per heavy atom. The van der Waals surface area contributed by atoms with Crippen molar-refractivity contribution in [2.24, 2.45) is 5.41 Å². The van der Waals surface area contributed by atoms with Gasteiger partial charge >= 0.3 is 0 Å². The number of carbonyl (C=O) groups is 2. The van der Waals surface area contributed by atoms with Crippen LogP contribution in [0, 0.1) is 5.41 Å². The third-order valence-corrected chi connectivity index (χ3v) is 5.48. The standard InChI is InChI=1S/C14H17NO5S/c1-14(10-16)9-8-12(20-2)15(13(14)17)21(18,19)11-6-4-3-5-7-11/h3-7,10,12H,8-9H2,1-2H3/t12-,14+/m0/s1. The van der Waals surface area contributed by atoms with E-state index in [1.807, 2.05) is 0 Å². The van der Waals surface area contributed by atoms with Gasteiger partial charge in [0.05, 0.1) is 4.90 Å². The molecule has 21 heavy (non-hydrogen) atoms. The van der Waals surface area contributed by atoms with Crippen LogP contribution in [0.4, 0.5) is 0 Å². The first-order valence-corrected chi connectivity index (χ1v) is 7.94. The highest BCUT2D eigenvalue weighted by molar-refractivity contribution is 7.89. The van der Waals surface area contributed by atoms with Gasteiger partial charge in [0.1, 0.15) is 17.9 Å². The molecule has 0 aromatic heterocycles. The van der Waals surface area contributed by atoms with Gasteiger partial charge in [0.25, 0.3) is 15.9 Å². The molecule has 1 amide bonds. The van der Waals surface area contributed by atoms with Crippen molar-refractivity contribution in [1.82, 2.24) is 4.31 Å². The minimum absolute atomic E-state index is 0.00412. The number of hydrogen-bond donors (Lipinski definition) is 0. The van der Waals surface area contributed by atoms with Gasteiger partial charge in [-0.1, -0.05) is 18.2 Å². The lowest BCUT2D eigenvalue weighted by molar-refractivity contribution is -0.154. The first-order chi connectivity index (χ1) is 9.86. The number of piperidine rings is 1. The molecule has 2 rings (SSSR count). The first-order valence-electron chi connectivity index (χ1n) is 6.50. The van der Waals surface area contributed by atoms with Crippen molar-refractivity contribution in [3.63, 3.8) is 0 Å². The maximum atomic E-state index is 12.7. The maximum absolute atomic E-state index is 12.7. The lowest BCUT2D eigenvalue weighted by Gasteiger charge is -2.40. The topological polar surface area (TPSA) is 80.8 Å². The summed E-state index contributed by atoms with van der Waals surface area (Å²) in [5, 5.41) is 0. The van der Waals surface area contributed by atoms with E-state index in [4.69, 9.17) is 4.74 Å². The summed E-state index contributed by atoms with van der Waals surface area (Å²) in [6.07, 6.45) is 0.156. The van der Waals surface area contributed by atoms with Crippen molar-refractivity contribution in [1.29, 1.82) is 0 Å². The molecule has 1 saturated heterocycles. The van der Waals surface area contributed by atoms with Crippen molar-refractivity contribution < 1.29 is 22.7 Å². The Bertz CT molecular complexity index is 643. The van der Waals surface area contributed by atoms with Gasteiger partial charge < -0.3 is 9.53 Å². The number of amides is 1. The fourth-order valence-corrected chi connectivity index (χ4v) is 3.98. The van der Waals surface area contributed by atoms with Crippen LogP contribution in [0.15, 0.2) is 35.2 Å². The highest BCUT2D eigenvalue weighted by atomic mass is 32.2. The molecule has 0 radical (unpaired) electrons. The number of ether oxygens (including phenoxy) is 1. The average Bonchev–Trinajstić information content (AvgIpc) is 2.50. The normalized spacial score (nSPS) is 26.7. The van der Waals surface area contributed by atoms with Gasteiger partial charge in [0.2, 0.25) is 0 Å². The number of sulfonamides is 1. The van der Waals surface area contributed by atoms with Crippen LogP contribution in [0.25, 0.3) is 0 Å². The van der Waals surface area contributed by atoms with Crippen molar-refractivity contribution in [2.45, 2.75) is 30.9 Å². The Morgan fingerprint density at radius 1 is 1.33 bits per heavy atom. The second-order valence-electron chi connectivity index (χ2n) is 5.18. The summed E-state index contributed by atoms with van der Waals surface area (Å²) in [7, 11) is -2.71. The molecule has 114 valence electrons. The predicted octanol–water partition coefficient (Wildman–Crippen LogP) is 1.18. The monoisotopic (exact) mass is 311 g/mol. The number of benzene rings is 1. The van der Waals surface area contributed by atoms with Gasteiger partial charge in [-0.2, -0.15) is 0 Å². The second kappa shape index (κ2) is 5.57. The van der Waals surface area contributed by atoms with E-state index in [-0.39, 0.29) is 17.7 Å².